The summed E-state index contributed by atoms with van der Waals surface area (Å²) in [6.45, 7) is 0. The van der Waals surface area contributed by atoms with Crippen LogP contribution in [0.25, 0.3) is 0 Å². The van der Waals surface area contributed by atoms with E-state index in [0.717, 1.165) is 0 Å². The summed E-state index contributed by atoms with van der Waals surface area (Å²) in [6.07, 6.45) is 1.58. The second kappa shape index (κ2) is 5.45. The molecule has 0 spiro atoms. The van der Waals surface area contributed by atoms with Gasteiger partial charge in [-0.15, -0.1) is 0 Å². The zero-order valence-corrected chi connectivity index (χ0v) is 10.3. The Morgan fingerprint density at radius 3 is 2.74 bits per heavy atom. The number of hydrazine groups is 1. The number of aromatic nitrogens is 1. The van der Waals surface area contributed by atoms with Crippen LogP contribution < -0.4 is 16.2 Å². The Morgan fingerprint density at radius 2 is 2.11 bits per heavy atom. The first-order valence-corrected chi connectivity index (χ1v) is 5.59. The number of anilines is 2. The van der Waals surface area contributed by atoms with Crippen LogP contribution in [0.4, 0.5) is 15.9 Å². The highest BCUT2D eigenvalue weighted by molar-refractivity contribution is 6.08. The van der Waals surface area contributed by atoms with Crippen LogP contribution in [-0.2, 0) is 0 Å². The maximum Gasteiger partial charge on any atom is 0.261 e. The first-order chi connectivity index (χ1) is 9.15. The van der Waals surface area contributed by atoms with E-state index in [1.807, 2.05) is 0 Å². The quantitative estimate of drug-likeness (QED) is 0.652. The fraction of sp³-hybridized carbons (Fsp3) is 0.0769. The van der Waals surface area contributed by atoms with E-state index in [0.29, 0.717) is 5.82 Å². The maximum absolute atomic E-state index is 13.5. The molecule has 0 saturated heterocycles. The van der Waals surface area contributed by atoms with E-state index in [4.69, 9.17) is 5.84 Å². The van der Waals surface area contributed by atoms with Gasteiger partial charge in [0.05, 0.1) is 11.3 Å². The number of halogens is 1. The van der Waals surface area contributed by atoms with E-state index < -0.39 is 11.7 Å². The van der Waals surface area contributed by atoms with Gasteiger partial charge in [-0.3, -0.25) is 15.5 Å². The molecule has 98 valence electrons. The highest BCUT2D eigenvalue weighted by Crippen LogP contribution is 2.21. The van der Waals surface area contributed by atoms with Crippen molar-refractivity contribution >= 4 is 17.4 Å². The molecule has 0 fully saturated rings. The summed E-state index contributed by atoms with van der Waals surface area (Å²) in [5.74, 6) is 4.75. The average molecular weight is 260 g/mol. The van der Waals surface area contributed by atoms with Gasteiger partial charge < -0.3 is 5.43 Å². The number of benzene rings is 1. The molecule has 2 aromatic rings. The van der Waals surface area contributed by atoms with Crippen molar-refractivity contribution in [3.63, 3.8) is 0 Å². The van der Waals surface area contributed by atoms with Gasteiger partial charge in [0.2, 0.25) is 0 Å². The van der Waals surface area contributed by atoms with Crippen LogP contribution in [0, 0.1) is 5.82 Å². The minimum atomic E-state index is -0.581. The number of carbonyl (C=O) groups is 1. The van der Waals surface area contributed by atoms with Gasteiger partial charge in [0, 0.05) is 13.2 Å². The monoisotopic (exact) mass is 260 g/mol. The van der Waals surface area contributed by atoms with Crippen LogP contribution in [0.1, 0.15) is 10.4 Å². The number of nitrogen functional groups attached to an aromatic ring is 1. The van der Waals surface area contributed by atoms with E-state index >= 15 is 0 Å². The van der Waals surface area contributed by atoms with Crippen molar-refractivity contribution in [2.45, 2.75) is 0 Å². The van der Waals surface area contributed by atoms with E-state index in [-0.39, 0.29) is 11.3 Å². The number of rotatable bonds is 3. The number of carbonyl (C=O) groups excluding carboxylic acids is 1. The molecule has 0 bridgehead atoms. The predicted molar refractivity (Wildman–Crippen MR) is 71.2 cm³/mol. The Hall–Kier alpha value is -2.47. The molecule has 0 aliphatic carbocycles. The Bertz CT molecular complexity index is 588. The van der Waals surface area contributed by atoms with Crippen LogP contribution in [0.5, 0.6) is 0 Å². The summed E-state index contributed by atoms with van der Waals surface area (Å²) in [6, 6.07) is 9.38. The van der Waals surface area contributed by atoms with Crippen molar-refractivity contribution in [3.05, 3.63) is 54.0 Å². The minimum Gasteiger partial charge on any atom is -0.321 e. The fourth-order valence-corrected chi connectivity index (χ4v) is 1.69. The molecule has 0 atom stereocenters. The normalized spacial score (nSPS) is 10.1. The minimum absolute atomic E-state index is 0.0321. The smallest absolute Gasteiger partial charge is 0.261 e. The van der Waals surface area contributed by atoms with E-state index in [1.165, 1.54) is 23.1 Å². The third kappa shape index (κ3) is 2.53. The molecule has 1 heterocycles. The van der Waals surface area contributed by atoms with E-state index in [1.54, 1.807) is 31.4 Å². The number of hydrogen-bond donors (Lipinski definition) is 2. The molecule has 0 radical (unpaired) electrons. The van der Waals surface area contributed by atoms with Gasteiger partial charge in [0.1, 0.15) is 11.6 Å². The number of nitrogens with zero attached hydrogens (tertiary/aromatic N) is 2. The van der Waals surface area contributed by atoms with Crippen LogP contribution in [-0.4, -0.2) is 17.9 Å². The van der Waals surface area contributed by atoms with Crippen LogP contribution in [0.2, 0.25) is 0 Å². The maximum atomic E-state index is 13.5. The lowest BCUT2D eigenvalue weighted by Gasteiger charge is -2.18. The standard InChI is InChI=1S/C13H13FN4O/c1-18(11-7-2-3-8-16-11)13(19)9-5-4-6-10(14)12(9)17-15/h2-8,17H,15H2,1H3. The number of nitrogens with two attached hydrogens (primary N) is 1. The second-order valence-corrected chi connectivity index (χ2v) is 3.86. The summed E-state index contributed by atoms with van der Waals surface area (Å²) in [5.41, 5.74) is 2.32. The largest absolute Gasteiger partial charge is 0.321 e. The fourth-order valence-electron chi connectivity index (χ4n) is 1.69. The van der Waals surface area contributed by atoms with Crippen molar-refractivity contribution in [2.75, 3.05) is 17.4 Å². The number of hydrogen-bond acceptors (Lipinski definition) is 4. The Kier molecular flexibility index (Phi) is 3.72. The van der Waals surface area contributed by atoms with E-state index in [2.05, 4.69) is 10.4 Å². The molecule has 1 amide bonds. The van der Waals surface area contributed by atoms with Gasteiger partial charge >= 0.3 is 0 Å². The molecule has 0 saturated carbocycles. The van der Waals surface area contributed by atoms with Gasteiger partial charge in [-0.25, -0.2) is 9.37 Å². The Labute approximate surface area is 109 Å². The number of pyridine rings is 1. The van der Waals surface area contributed by atoms with Crippen molar-refractivity contribution in [1.82, 2.24) is 4.98 Å². The highest BCUT2D eigenvalue weighted by Gasteiger charge is 2.19. The van der Waals surface area contributed by atoms with E-state index in [9.17, 15) is 9.18 Å². The first kappa shape index (κ1) is 13.0. The highest BCUT2D eigenvalue weighted by atomic mass is 19.1. The molecular weight excluding hydrogens is 247 g/mol. The second-order valence-electron chi connectivity index (χ2n) is 3.86. The van der Waals surface area contributed by atoms with Gasteiger partial charge in [0.15, 0.2) is 0 Å². The van der Waals surface area contributed by atoms with Crippen molar-refractivity contribution in [1.29, 1.82) is 0 Å². The molecule has 2 rings (SSSR count). The first-order valence-electron chi connectivity index (χ1n) is 5.59. The zero-order valence-electron chi connectivity index (χ0n) is 10.3. The van der Waals surface area contributed by atoms with Crippen LogP contribution in [0.15, 0.2) is 42.6 Å². The van der Waals surface area contributed by atoms with Crippen molar-refractivity contribution in [2.24, 2.45) is 5.84 Å². The van der Waals surface area contributed by atoms with Crippen LogP contribution >= 0.6 is 0 Å². The van der Waals surface area contributed by atoms with Gasteiger partial charge in [-0.1, -0.05) is 12.1 Å². The molecule has 0 unspecified atom stereocenters. The molecule has 1 aromatic heterocycles. The Morgan fingerprint density at radius 1 is 1.32 bits per heavy atom. The number of amides is 1. The van der Waals surface area contributed by atoms with Crippen molar-refractivity contribution in [3.8, 4) is 0 Å². The van der Waals surface area contributed by atoms with Gasteiger partial charge in [-0.2, -0.15) is 0 Å². The zero-order chi connectivity index (χ0) is 13.8. The molecule has 0 aliphatic rings. The number of nitrogens with one attached hydrogen (secondary N) is 1. The lowest BCUT2D eigenvalue weighted by Crippen LogP contribution is -2.28. The number of para-hydroxylation sites is 1. The molecule has 6 heteroatoms. The van der Waals surface area contributed by atoms with Gasteiger partial charge in [-0.05, 0) is 24.3 Å². The van der Waals surface area contributed by atoms with Crippen LogP contribution in [0.3, 0.4) is 0 Å². The molecule has 3 N–H and O–H groups in total. The molecule has 5 nitrogen and oxygen atoms in total. The molecule has 19 heavy (non-hydrogen) atoms. The summed E-state index contributed by atoms with van der Waals surface area (Å²) in [7, 11) is 1.57. The molecule has 0 aliphatic heterocycles. The predicted octanol–water partition coefficient (Wildman–Crippen LogP) is 1.78. The summed E-state index contributed by atoms with van der Waals surface area (Å²) < 4.78 is 13.5. The summed E-state index contributed by atoms with van der Waals surface area (Å²) >= 11 is 0. The summed E-state index contributed by atoms with van der Waals surface area (Å²) in [4.78, 5) is 17.7. The lowest BCUT2D eigenvalue weighted by molar-refractivity contribution is 0.0992. The van der Waals surface area contributed by atoms with Gasteiger partial charge in [0.25, 0.3) is 5.91 Å². The molecular formula is C13H13FN4O. The Balaban J connectivity index is 2.37. The average Bonchev–Trinajstić information content (AvgIpc) is 2.46. The molecule has 1 aromatic carbocycles. The third-order valence-corrected chi connectivity index (χ3v) is 2.69. The van der Waals surface area contributed by atoms with Crippen molar-refractivity contribution < 1.29 is 9.18 Å². The topological polar surface area (TPSA) is 71.2 Å². The SMILES string of the molecule is CN(C(=O)c1cccc(F)c1NN)c1ccccn1. The lowest BCUT2D eigenvalue weighted by atomic mass is 10.1. The summed E-state index contributed by atoms with van der Waals surface area (Å²) in [5, 5.41) is 0. The third-order valence-electron chi connectivity index (χ3n) is 2.69.